The Morgan fingerprint density at radius 3 is 2.62 bits per heavy atom. The van der Waals surface area contributed by atoms with Crippen LogP contribution in [-0.4, -0.2) is 12.6 Å². The number of hydrogen-bond donors (Lipinski definition) is 3. The first-order valence-corrected chi connectivity index (χ1v) is 7.14. The molecule has 0 radical (unpaired) electrons. The maximum Gasteiger partial charge on any atom is 0.319 e. The van der Waals surface area contributed by atoms with Crippen LogP contribution in [0, 0.1) is 0 Å². The number of urea groups is 1. The molecule has 1 unspecified atom stereocenters. The molecule has 0 saturated heterocycles. The maximum atomic E-state index is 11.7. The van der Waals surface area contributed by atoms with Gasteiger partial charge in [-0.25, -0.2) is 4.79 Å². The fraction of sp³-hybridized carbons (Fsp3) is 0.188. The molecule has 0 fully saturated rings. The molecule has 0 aliphatic rings. The second-order valence-electron chi connectivity index (χ2n) is 4.70. The van der Waals surface area contributed by atoms with Gasteiger partial charge in [0.25, 0.3) is 0 Å². The zero-order valence-corrected chi connectivity index (χ0v) is 12.3. The van der Waals surface area contributed by atoms with E-state index >= 15 is 0 Å². The minimum atomic E-state index is -0.266. The molecule has 21 heavy (non-hydrogen) atoms. The van der Waals surface area contributed by atoms with Gasteiger partial charge < -0.3 is 16.4 Å². The monoisotopic (exact) mass is 303 g/mol. The molecule has 4 N–H and O–H groups in total. The summed E-state index contributed by atoms with van der Waals surface area (Å²) in [6.45, 7) is 0.502. The Bertz CT molecular complexity index is 589. The number of anilines is 1. The van der Waals surface area contributed by atoms with E-state index in [9.17, 15) is 4.79 Å². The number of hydrogen-bond acceptors (Lipinski definition) is 2. The third kappa shape index (κ3) is 5.10. The van der Waals surface area contributed by atoms with Crippen LogP contribution in [0.3, 0.4) is 0 Å². The van der Waals surface area contributed by atoms with E-state index in [0.29, 0.717) is 23.7 Å². The van der Waals surface area contributed by atoms with E-state index in [1.165, 1.54) is 0 Å². The van der Waals surface area contributed by atoms with Crippen molar-refractivity contribution in [2.24, 2.45) is 5.73 Å². The van der Waals surface area contributed by atoms with Crippen molar-refractivity contribution in [2.45, 2.75) is 12.5 Å². The predicted molar refractivity (Wildman–Crippen MR) is 86.5 cm³/mol. The van der Waals surface area contributed by atoms with Gasteiger partial charge in [-0.05, 0) is 30.2 Å². The third-order valence-electron chi connectivity index (χ3n) is 3.05. The molecular weight excluding hydrogens is 286 g/mol. The van der Waals surface area contributed by atoms with Crippen LogP contribution in [0.2, 0.25) is 5.02 Å². The molecule has 0 bridgehead atoms. The van der Waals surface area contributed by atoms with E-state index in [-0.39, 0.29) is 12.1 Å². The van der Waals surface area contributed by atoms with E-state index in [1.54, 1.807) is 24.3 Å². The molecule has 0 spiro atoms. The van der Waals surface area contributed by atoms with Crippen molar-refractivity contribution in [3.05, 3.63) is 65.2 Å². The Hall–Kier alpha value is -2.04. The second kappa shape index (κ2) is 7.67. The summed E-state index contributed by atoms with van der Waals surface area (Å²) in [4.78, 5) is 11.7. The van der Waals surface area contributed by atoms with Crippen molar-refractivity contribution in [3.8, 4) is 0 Å². The molecule has 0 aliphatic heterocycles. The number of rotatable bonds is 5. The molecule has 2 rings (SSSR count). The first kappa shape index (κ1) is 15.4. The van der Waals surface area contributed by atoms with Crippen LogP contribution in [0.5, 0.6) is 0 Å². The molecular formula is C16H18ClN3O. The standard InChI is InChI=1S/C16H18ClN3O/c17-13-7-4-8-14(11-13)20-16(21)19-10-9-15(18)12-5-2-1-3-6-12/h1-8,11,15H,9-10,18H2,(H2,19,20,21). The number of benzene rings is 2. The largest absolute Gasteiger partial charge is 0.338 e. The Balaban J connectivity index is 1.74. The lowest BCUT2D eigenvalue weighted by atomic mass is 10.1. The summed E-state index contributed by atoms with van der Waals surface area (Å²) in [5, 5.41) is 6.08. The summed E-state index contributed by atoms with van der Waals surface area (Å²) < 4.78 is 0. The Kier molecular flexibility index (Phi) is 5.60. The minimum Gasteiger partial charge on any atom is -0.338 e. The van der Waals surface area contributed by atoms with Gasteiger partial charge in [0, 0.05) is 23.3 Å². The zero-order chi connectivity index (χ0) is 15.1. The summed E-state index contributed by atoms with van der Waals surface area (Å²) in [6, 6.07) is 16.5. The van der Waals surface area contributed by atoms with E-state index in [2.05, 4.69) is 10.6 Å². The fourth-order valence-corrected chi connectivity index (χ4v) is 2.14. The Labute approximate surface area is 129 Å². The number of nitrogens with two attached hydrogens (primary N) is 1. The number of carbonyl (C=O) groups is 1. The number of halogens is 1. The molecule has 0 saturated carbocycles. The van der Waals surface area contributed by atoms with E-state index in [1.807, 2.05) is 30.3 Å². The van der Waals surface area contributed by atoms with Crippen molar-refractivity contribution in [2.75, 3.05) is 11.9 Å². The minimum absolute atomic E-state index is 0.0855. The van der Waals surface area contributed by atoms with Gasteiger partial charge in [0.1, 0.15) is 0 Å². The molecule has 1 atom stereocenters. The van der Waals surface area contributed by atoms with E-state index < -0.39 is 0 Å². The fourth-order valence-electron chi connectivity index (χ4n) is 1.95. The lowest BCUT2D eigenvalue weighted by Gasteiger charge is -2.13. The van der Waals surface area contributed by atoms with Gasteiger partial charge in [0.05, 0.1) is 0 Å². The van der Waals surface area contributed by atoms with Crippen molar-refractivity contribution in [3.63, 3.8) is 0 Å². The maximum absolute atomic E-state index is 11.7. The highest BCUT2D eigenvalue weighted by molar-refractivity contribution is 6.30. The van der Waals surface area contributed by atoms with E-state index in [4.69, 9.17) is 17.3 Å². The molecule has 2 aromatic carbocycles. The lowest BCUT2D eigenvalue weighted by Crippen LogP contribution is -2.31. The van der Waals surface area contributed by atoms with Crippen LogP contribution < -0.4 is 16.4 Å². The van der Waals surface area contributed by atoms with Gasteiger partial charge in [-0.2, -0.15) is 0 Å². The summed E-state index contributed by atoms with van der Waals surface area (Å²) in [5.74, 6) is 0. The Morgan fingerprint density at radius 1 is 1.14 bits per heavy atom. The number of carbonyl (C=O) groups excluding carboxylic acids is 1. The summed E-state index contributed by atoms with van der Waals surface area (Å²) in [5.41, 5.74) is 7.79. The van der Waals surface area contributed by atoms with Crippen LogP contribution in [0.15, 0.2) is 54.6 Å². The highest BCUT2D eigenvalue weighted by Gasteiger charge is 2.06. The first-order chi connectivity index (χ1) is 10.1. The SMILES string of the molecule is NC(CCNC(=O)Nc1cccc(Cl)c1)c1ccccc1. The average molecular weight is 304 g/mol. The topological polar surface area (TPSA) is 67.1 Å². The average Bonchev–Trinajstić information content (AvgIpc) is 2.48. The van der Waals surface area contributed by atoms with Crippen LogP contribution >= 0.6 is 11.6 Å². The molecule has 5 heteroatoms. The molecule has 2 amide bonds. The van der Waals surface area contributed by atoms with Crippen molar-refractivity contribution in [1.29, 1.82) is 0 Å². The number of amides is 2. The first-order valence-electron chi connectivity index (χ1n) is 6.76. The van der Waals surface area contributed by atoms with Crippen molar-refractivity contribution < 1.29 is 4.79 Å². The van der Waals surface area contributed by atoms with Gasteiger partial charge >= 0.3 is 6.03 Å². The lowest BCUT2D eigenvalue weighted by molar-refractivity contribution is 0.251. The zero-order valence-electron chi connectivity index (χ0n) is 11.6. The highest BCUT2D eigenvalue weighted by Crippen LogP contribution is 2.15. The van der Waals surface area contributed by atoms with Crippen LogP contribution in [0.1, 0.15) is 18.0 Å². The number of nitrogens with one attached hydrogen (secondary N) is 2. The van der Waals surface area contributed by atoms with Gasteiger partial charge in [0.2, 0.25) is 0 Å². The highest BCUT2D eigenvalue weighted by atomic mass is 35.5. The third-order valence-corrected chi connectivity index (χ3v) is 3.29. The van der Waals surface area contributed by atoms with E-state index in [0.717, 1.165) is 5.56 Å². The molecule has 0 aliphatic carbocycles. The summed E-state index contributed by atoms with van der Waals surface area (Å²) in [6.07, 6.45) is 0.674. The van der Waals surface area contributed by atoms with Crippen molar-refractivity contribution >= 4 is 23.3 Å². The smallest absolute Gasteiger partial charge is 0.319 e. The second-order valence-corrected chi connectivity index (χ2v) is 5.13. The molecule has 0 heterocycles. The van der Waals surface area contributed by atoms with Gasteiger partial charge in [-0.1, -0.05) is 48.0 Å². The summed E-state index contributed by atoms with van der Waals surface area (Å²) in [7, 11) is 0. The molecule has 4 nitrogen and oxygen atoms in total. The summed E-state index contributed by atoms with van der Waals surface area (Å²) >= 11 is 5.85. The normalized spacial score (nSPS) is 11.7. The van der Waals surface area contributed by atoms with Crippen molar-refractivity contribution in [1.82, 2.24) is 5.32 Å². The quantitative estimate of drug-likeness (QED) is 0.790. The van der Waals surface area contributed by atoms with Gasteiger partial charge in [-0.15, -0.1) is 0 Å². The van der Waals surface area contributed by atoms with Gasteiger partial charge in [-0.3, -0.25) is 0 Å². The molecule has 2 aromatic rings. The van der Waals surface area contributed by atoms with Crippen LogP contribution in [-0.2, 0) is 0 Å². The molecule has 110 valence electrons. The van der Waals surface area contributed by atoms with Crippen LogP contribution in [0.4, 0.5) is 10.5 Å². The molecule has 0 aromatic heterocycles. The Morgan fingerprint density at radius 2 is 1.90 bits per heavy atom. The van der Waals surface area contributed by atoms with Gasteiger partial charge in [0.15, 0.2) is 0 Å². The van der Waals surface area contributed by atoms with Crippen LogP contribution in [0.25, 0.3) is 0 Å². The predicted octanol–water partition coefficient (Wildman–Crippen LogP) is 3.55.